The van der Waals surface area contributed by atoms with E-state index in [1.165, 1.54) is 4.90 Å². The average Bonchev–Trinajstić information content (AvgIpc) is 2.93. The number of piperidine rings is 1. The van der Waals surface area contributed by atoms with Crippen LogP contribution < -0.4 is 5.32 Å². The van der Waals surface area contributed by atoms with Crippen LogP contribution in [0.1, 0.15) is 31.4 Å². The number of aromatic nitrogens is 1. The second kappa shape index (κ2) is 6.40. The maximum absolute atomic E-state index is 12.0. The molecular formula is C13H19N3O4. The van der Waals surface area contributed by atoms with Gasteiger partial charge in [0.1, 0.15) is 5.76 Å². The lowest BCUT2D eigenvalue weighted by molar-refractivity contribution is -0.143. The summed E-state index contributed by atoms with van der Waals surface area (Å²) in [5.74, 6) is -0.0779. The highest BCUT2D eigenvalue weighted by molar-refractivity contribution is 5.76. The minimum Gasteiger partial charge on any atom is -0.481 e. The highest BCUT2D eigenvalue weighted by Crippen LogP contribution is 2.16. The third-order valence-corrected chi connectivity index (χ3v) is 3.40. The number of nitrogens with zero attached hydrogens (tertiary/aromatic N) is 2. The number of oxazole rings is 1. The molecule has 1 fully saturated rings. The van der Waals surface area contributed by atoms with Gasteiger partial charge in [-0.1, -0.05) is 6.92 Å². The molecule has 1 aromatic rings. The molecule has 0 aromatic carbocycles. The van der Waals surface area contributed by atoms with Crippen LogP contribution in [0.2, 0.25) is 0 Å². The zero-order valence-electron chi connectivity index (χ0n) is 11.5. The van der Waals surface area contributed by atoms with E-state index in [2.05, 4.69) is 10.3 Å². The fraction of sp³-hybridized carbons (Fsp3) is 0.615. The van der Waals surface area contributed by atoms with Gasteiger partial charge in [-0.05, 0) is 12.8 Å². The van der Waals surface area contributed by atoms with Crippen molar-refractivity contribution >= 4 is 12.0 Å². The fourth-order valence-electron chi connectivity index (χ4n) is 2.22. The van der Waals surface area contributed by atoms with Crippen molar-refractivity contribution in [1.29, 1.82) is 0 Å². The number of carboxylic acids is 1. The number of aliphatic carboxylic acids is 1. The van der Waals surface area contributed by atoms with Gasteiger partial charge in [0.2, 0.25) is 5.89 Å². The predicted octanol–water partition coefficient (Wildman–Crippen LogP) is 1.24. The van der Waals surface area contributed by atoms with E-state index in [0.29, 0.717) is 25.3 Å². The van der Waals surface area contributed by atoms with Crippen LogP contribution in [0, 0.1) is 5.92 Å². The minimum absolute atomic E-state index is 0.215. The van der Waals surface area contributed by atoms with Gasteiger partial charge in [-0.2, -0.15) is 0 Å². The summed E-state index contributed by atoms with van der Waals surface area (Å²) in [5, 5.41) is 11.7. The quantitative estimate of drug-likeness (QED) is 0.865. The number of carbonyl (C=O) groups excluding carboxylic acids is 1. The third-order valence-electron chi connectivity index (χ3n) is 3.40. The van der Waals surface area contributed by atoms with Gasteiger partial charge in [-0.3, -0.25) is 4.79 Å². The molecule has 1 aliphatic heterocycles. The lowest BCUT2D eigenvalue weighted by atomic mass is 9.99. The number of carboxylic acid groups (broad SMARTS) is 1. The van der Waals surface area contributed by atoms with Gasteiger partial charge in [0.15, 0.2) is 0 Å². The molecule has 0 radical (unpaired) electrons. The van der Waals surface area contributed by atoms with Crippen LogP contribution in [0.15, 0.2) is 10.6 Å². The van der Waals surface area contributed by atoms with E-state index >= 15 is 0 Å². The first-order chi connectivity index (χ1) is 9.60. The number of nitrogens with one attached hydrogen (secondary N) is 1. The molecule has 7 nitrogen and oxygen atoms in total. The van der Waals surface area contributed by atoms with Crippen molar-refractivity contribution in [3.8, 4) is 0 Å². The van der Waals surface area contributed by atoms with Crippen molar-refractivity contribution in [2.75, 3.05) is 13.1 Å². The van der Waals surface area contributed by atoms with Crippen molar-refractivity contribution in [2.45, 2.75) is 32.7 Å². The SMILES string of the molecule is CCc1cnc(CNC(=O)N2CCCC(C(=O)O)C2)o1. The molecule has 2 amide bonds. The van der Waals surface area contributed by atoms with Crippen LogP contribution in [-0.4, -0.2) is 40.1 Å². The zero-order chi connectivity index (χ0) is 14.5. The first kappa shape index (κ1) is 14.4. The van der Waals surface area contributed by atoms with Gasteiger partial charge in [-0.15, -0.1) is 0 Å². The molecule has 2 N–H and O–H groups in total. The first-order valence-corrected chi connectivity index (χ1v) is 6.79. The highest BCUT2D eigenvalue weighted by Gasteiger charge is 2.28. The van der Waals surface area contributed by atoms with Crippen LogP contribution in [0.25, 0.3) is 0 Å². The van der Waals surface area contributed by atoms with Crippen LogP contribution in [-0.2, 0) is 17.8 Å². The molecule has 1 atom stereocenters. The monoisotopic (exact) mass is 281 g/mol. The summed E-state index contributed by atoms with van der Waals surface area (Å²) < 4.78 is 5.39. The molecule has 2 heterocycles. The van der Waals surface area contributed by atoms with E-state index in [1.807, 2.05) is 6.92 Å². The summed E-state index contributed by atoms with van der Waals surface area (Å²) in [6.07, 6.45) is 3.73. The average molecular weight is 281 g/mol. The van der Waals surface area contributed by atoms with Crippen molar-refractivity contribution in [3.63, 3.8) is 0 Å². The van der Waals surface area contributed by atoms with Gasteiger partial charge in [0, 0.05) is 19.5 Å². The molecule has 0 spiro atoms. The Bertz CT molecular complexity index is 486. The molecule has 1 aromatic heterocycles. The number of likely N-dealkylation sites (tertiary alicyclic amines) is 1. The number of rotatable bonds is 4. The standard InChI is InChI=1S/C13H19N3O4/c1-2-10-6-14-11(20-10)7-15-13(19)16-5-3-4-9(8-16)12(17)18/h6,9H,2-5,7-8H2,1H3,(H,15,19)(H,17,18). The van der Waals surface area contributed by atoms with E-state index in [-0.39, 0.29) is 19.1 Å². The van der Waals surface area contributed by atoms with E-state index in [0.717, 1.165) is 12.2 Å². The molecule has 1 saturated heterocycles. The molecule has 0 bridgehead atoms. The molecule has 0 aliphatic carbocycles. The molecule has 110 valence electrons. The molecule has 20 heavy (non-hydrogen) atoms. The Balaban J connectivity index is 1.83. The Morgan fingerprint density at radius 1 is 1.60 bits per heavy atom. The summed E-state index contributed by atoms with van der Waals surface area (Å²) in [7, 11) is 0. The molecule has 2 rings (SSSR count). The number of hydrogen-bond acceptors (Lipinski definition) is 4. The molecule has 7 heteroatoms. The number of carbonyl (C=O) groups is 2. The smallest absolute Gasteiger partial charge is 0.317 e. The lowest BCUT2D eigenvalue weighted by Gasteiger charge is -2.30. The number of aryl methyl sites for hydroxylation is 1. The summed E-state index contributed by atoms with van der Waals surface area (Å²) in [6.45, 7) is 3.02. The van der Waals surface area contributed by atoms with Crippen LogP contribution in [0.5, 0.6) is 0 Å². The lowest BCUT2D eigenvalue weighted by Crippen LogP contribution is -2.46. The van der Waals surface area contributed by atoms with Gasteiger partial charge in [0.25, 0.3) is 0 Å². The predicted molar refractivity (Wildman–Crippen MR) is 70.0 cm³/mol. The number of hydrogen-bond donors (Lipinski definition) is 2. The molecule has 1 aliphatic rings. The molecule has 0 saturated carbocycles. The Morgan fingerprint density at radius 2 is 2.40 bits per heavy atom. The fourth-order valence-corrected chi connectivity index (χ4v) is 2.22. The van der Waals surface area contributed by atoms with Crippen LogP contribution in [0.4, 0.5) is 4.79 Å². The van der Waals surface area contributed by atoms with E-state index in [9.17, 15) is 9.59 Å². The van der Waals surface area contributed by atoms with Crippen LogP contribution in [0.3, 0.4) is 0 Å². The normalized spacial score (nSPS) is 18.9. The molecular weight excluding hydrogens is 262 g/mol. The summed E-state index contributed by atoms with van der Waals surface area (Å²) >= 11 is 0. The summed E-state index contributed by atoms with van der Waals surface area (Å²) in [6, 6.07) is -0.271. The van der Waals surface area contributed by atoms with Crippen molar-refractivity contribution < 1.29 is 19.1 Å². The van der Waals surface area contributed by atoms with E-state index in [1.54, 1.807) is 6.20 Å². The van der Waals surface area contributed by atoms with E-state index < -0.39 is 11.9 Å². The second-order valence-electron chi connectivity index (χ2n) is 4.86. The van der Waals surface area contributed by atoms with Gasteiger partial charge < -0.3 is 19.7 Å². The van der Waals surface area contributed by atoms with Gasteiger partial charge >= 0.3 is 12.0 Å². The van der Waals surface area contributed by atoms with Gasteiger partial charge in [-0.25, -0.2) is 9.78 Å². The maximum atomic E-state index is 12.0. The van der Waals surface area contributed by atoms with Crippen molar-refractivity contribution in [3.05, 3.63) is 17.8 Å². The Morgan fingerprint density at radius 3 is 3.05 bits per heavy atom. The highest BCUT2D eigenvalue weighted by atomic mass is 16.4. The Labute approximate surface area is 117 Å². The third kappa shape index (κ3) is 3.49. The number of urea groups is 1. The van der Waals surface area contributed by atoms with Gasteiger partial charge in [0.05, 0.1) is 18.7 Å². The largest absolute Gasteiger partial charge is 0.481 e. The zero-order valence-corrected chi connectivity index (χ0v) is 11.5. The summed E-state index contributed by atoms with van der Waals surface area (Å²) in [4.78, 5) is 28.5. The van der Waals surface area contributed by atoms with E-state index in [4.69, 9.17) is 9.52 Å². The molecule has 1 unspecified atom stereocenters. The topological polar surface area (TPSA) is 95.7 Å². The minimum atomic E-state index is -0.845. The van der Waals surface area contributed by atoms with Crippen LogP contribution >= 0.6 is 0 Å². The Kier molecular flexibility index (Phi) is 4.60. The summed E-state index contributed by atoms with van der Waals surface area (Å²) in [5.41, 5.74) is 0. The van der Waals surface area contributed by atoms with Crippen molar-refractivity contribution in [2.24, 2.45) is 5.92 Å². The number of amides is 2. The first-order valence-electron chi connectivity index (χ1n) is 6.79. The maximum Gasteiger partial charge on any atom is 0.317 e. The Hall–Kier alpha value is -2.05. The second-order valence-corrected chi connectivity index (χ2v) is 4.86. The van der Waals surface area contributed by atoms with Crippen molar-refractivity contribution in [1.82, 2.24) is 15.2 Å².